The predicted octanol–water partition coefficient (Wildman–Crippen LogP) is 7.95. The first-order chi connectivity index (χ1) is 37.8. The number of aliphatic hydroxyl groups is 3. The number of aromatic nitrogens is 2. The van der Waals surface area contributed by atoms with Crippen LogP contribution in [0.5, 0.6) is 0 Å². The van der Waals surface area contributed by atoms with Crippen LogP contribution in [0.25, 0.3) is 21.9 Å². The lowest BCUT2D eigenvalue weighted by Crippen LogP contribution is -2.61. The highest BCUT2D eigenvalue weighted by Crippen LogP contribution is 2.60. The lowest BCUT2D eigenvalue weighted by atomic mass is 9.53. The molecule has 9 N–H and O–H groups in total. The fourth-order valence-corrected chi connectivity index (χ4v) is 15.7. The summed E-state index contributed by atoms with van der Waals surface area (Å²) in [4.78, 5) is 61.9. The second-order valence-electron chi connectivity index (χ2n) is 25.3. The van der Waals surface area contributed by atoms with E-state index in [-0.39, 0.29) is 78.6 Å². The molecule has 1 saturated carbocycles. The molecule has 4 aliphatic carbocycles. The number of carboxylic acids is 1. The highest BCUT2D eigenvalue weighted by atomic mass is 35.5. The average Bonchev–Trinajstić information content (AvgIpc) is 4.02. The molecular formula is C60H79ClN4O15. The molecule has 4 saturated heterocycles. The number of nitrogens with two attached hydrogens (primary N) is 1. The van der Waals surface area contributed by atoms with Gasteiger partial charge >= 0.3 is 11.9 Å². The minimum Gasteiger partial charge on any atom is -0.511 e. The van der Waals surface area contributed by atoms with Crippen LogP contribution in [-0.2, 0) is 47.5 Å². The number of aliphatic carboxylic acids is 1. The quantitative estimate of drug-likeness (QED) is 0.0543. The van der Waals surface area contributed by atoms with Gasteiger partial charge in [0.15, 0.2) is 24.7 Å². The fraction of sp³-hybridized carbons (Fsp3) is 0.667. The van der Waals surface area contributed by atoms with Gasteiger partial charge < -0.3 is 74.6 Å². The molecule has 5 fully saturated rings. The second-order valence-corrected chi connectivity index (χ2v) is 25.7. The van der Waals surface area contributed by atoms with Crippen LogP contribution in [0.15, 0.2) is 59.4 Å². The van der Waals surface area contributed by atoms with Crippen LogP contribution in [0, 0.1) is 40.4 Å². The molecule has 80 heavy (non-hydrogen) atoms. The van der Waals surface area contributed by atoms with Crippen LogP contribution >= 0.6 is 11.6 Å². The van der Waals surface area contributed by atoms with Gasteiger partial charge in [0.1, 0.15) is 40.4 Å². The summed E-state index contributed by atoms with van der Waals surface area (Å²) < 4.78 is 45.0. The number of allylic oxidation sites excluding steroid dienone is 2. The summed E-state index contributed by atoms with van der Waals surface area (Å²) in [6.07, 6.45) is 3.26. The third kappa shape index (κ3) is 9.75. The van der Waals surface area contributed by atoms with Gasteiger partial charge in [-0.05, 0) is 114 Å². The van der Waals surface area contributed by atoms with Crippen molar-refractivity contribution < 1.29 is 72.8 Å². The molecule has 0 radical (unpaired) electrons. The number of halogens is 1. The van der Waals surface area contributed by atoms with E-state index >= 15 is 4.79 Å². The zero-order valence-corrected chi connectivity index (χ0v) is 47.6. The van der Waals surface area contributed by atoms with E-state index < -0.39 is 125 Å². The molecule has 1 amide bonds. The van der Waals surface area contributed by atoms with Gasteiger partial charge in [0, 0.05) is 62.9 Å². The van der Waals surface area contributed by atoms with Gasteiger partial charge in [0.2, 0.25) is 0 Å². The molecule has 3 aromatic rings. The number of benzene rings is 1. The van der Waals surface area contributed by atoms with Crippen molar-refractivity contribution in [1.82, 2.24) is 15.3 Å². The number of fused-ring (bicyclic) bond motifs is 7. The van der Waals surface area contributed by atoms with E-state index in [9.17, 15) is 34.8 Å². The number of hydrogen-bond acceptors (Lipinski definition) is 15. The zero-order chi connectivity index (χ0) is 57.1. The van der Waals surface area contributed by atoms with Crippen molar-refractivity contribution in [3.8, 4) is 0 Å². The van der Waals surface area contributed by atoms with Crippen molar-refractivity contribution in [3.63, 3.8) is 0 Å². The molecule has 19 nitrogen and oxygen atoms in total. The number of amides is 1. The summed E-state index contributed by atoms with van der Waals surface area (Å²) in [7, 11) is 0. The molecule has 1 spiro atoms. The number of carboxylic acid groups (broad SMARTS) is 1. The molecule has 8 aliphatic rings. The molecule has 436 valence electrons. The standard InChI is InChI=1S/C60H79ClN4O15/c1-9-31-24-57(6)25-37(55(70)71)27(2)23-60(57)51(68)48(54(69)65-60)50(67)59(8)32(19-41(31)66)13-15-34-38(59)11-10-12-43(34)78-45-18-17-42(28(3)74-45)77-47-26-58(7,73)52(30(5)76-47)80-46-22-44(49(62)29(4)75-46)79-56(72)40-21-36-35-20-33(61)14-16-39(35)63-53(36)64-40/h13-16,20-21,25,27-32,34,38,41-47,49,52,63-64,66-67,73H,9-12,17-19,22-24,26,62H2,1-8H3,(H,65,69)(H,70,71)/t27-,28-,29+,30-,31-,32+,34-,38-,41+,42-,43-,44+,45-,46-,47-,49-,52+,57-,58+,59-,60+/m1/s1. The van der Waals surface area contributed by atoms with Crippen molar-refractivity contribution >= 4 is 57.2 Å². The van der Waals surface area contributed by atoms with E-state index in [1.807, 2.05) is 39.0 Å². The summed E-state index contributed by atoms with van der Waals surface area (Å²) in [5.74, 6) is -4.98. The van der Waals surface area contributed by atoms with Crippen LogP contribution in [0.3, 0.4) is 0 Å². The number of nitrogens with one attached hydrogen (secondary N) is 3. The Hall–Kier alpha value is -4.67. The first kappa shape index (κ1) is 57.2. The molecule has 2 bridgehead atoms. The van der Waals surface area contributed by atoms with E-state index in [2.05, 4.69) is 21.4 Å². The van der Waals surface area contributed by atoms with Crippen molar-refractivity contribution in [1.29, 1.82) is 0 Å². The van der Waals surface area contributed by atoms with Crippen molar-refractivity contribution in [2.75, 3.05) is 0 Å². The Morgan fingerprint density at radius 1 is 0.838 bits per heavy atom. The first-order valence-electron chi connectivity index (χ1n) is 28.9. The largest absolute Gasteiger partial charge is 0.511 e. The minimum absolute atomic E-state index is 0.0475. The Morgan fingerprint density at radius 2 is 1.57 bits per heavy atom. The number of aromatic amines is 2. The maximum atomic E-state index is 15.1. The van der Waals surface area contributed by atoms with Gasteiger partial charge in [-0.1, -0.05) is 70.4 Å². The van der Waals surface area contributed by atoms with Crippen LogP contribution in [0.1, 0.15) is 137 Å². The van der Waals surface area contributed by atoms with Gasteiger partial charge in [0.25, 0.3) is 5.91 Å². The van der Waals surface area contributed by atoms with Gasteiger partial charge in [-0.15, -0.1) is 0 Å². The number of rotatable bonds is 10. The molecule has 21 atom stereocenters. The minimum atomic E-state index is -1.51. The first-order valence-corrected chi connectivity index (χ1v) is 29.3. The molecule has 6 heterocycles. The maximum absolute atomic E-state index is 15.1. The Bertz CT molecular complexity index is 3020. The summed E-state index contributed by atoms with van der Waals surface area (Å²) in [5, 5.41) is 52.4. The SMILES string of the molecule is CC[C@@H]1C[C@]2(C)C=C(C(=O)O)[C@H](C)C[C@@]23NC(=O)C(=C(O)[C@@]2(C)[C@@H]4CCC[C@@H](O[C@@H]5CC[C@@H](O[C@@H]6C[C@](C)(O)[C@@H](O[C@@H]7C[C@H](OC(=O)c8cc9c([nH]8)[nH]c8ccc(Cl)cc89)[C@H](N)[C@H](C)O7)[C@@H](C)O6)[C@@H](C)O5)[C@@H]4C=C[C@H]2C[C@@H]1O)C3=O. The van der Waals surface area contributed by atoms with Crippen molar-refractivity contribution in [2.24, 2.45) is 46.2 Å². The Morgan fingerprint density at radius 3 is 2.30 bits per heavy atom. The highest BCUT2D eigenvalue weighted by Gasteiger charge is 2.66. The van der Waals surface area contributed by atoms with Crippen LogP contribution < -0.4 is 11.1 Å². The molecule has 1 aromatic carbocycles. The van der Waals surface area contributed by atoms with Crippen molar-refractivity contribution in [2.45, 2.75) is 211 Å². The zero-order valence-electron chi connectivity index (χ0n) is 46.9. The summed E-state index contributed by atoms with van der Waals surface area (Å²) in [6, 6.07) is 6.58. The van der Waals surface area contributed by atoms with E-state index in [1.165, 1.54) is 0 Å². The van der Waals surface area contributed by atoms with Gasteiger partial charge in [-0.3, -0.25) is 9.59 Å². The number of Topliss-reactive ketones (excluding diaryl/α,β-unsaturated/α-hetero) is 1. The number of carbonyl (C=O) groups is 4. The average molecular weight is 1130 g/mol. The molecular weight excluding hydrogens is 1050 g/mol. The molecule has 0 unspecified atom stereocenters. The highest BCUT2D eigenvalue weighted by molar-refractivity contribution is 6.32. The van der Waals surface area contributed by atoms with Crippen molar-refractivity contribution in [3.05, 3.63) is 70.1 Å². The number of carbonyl (C=O) groups excluding carboxylic acids is 3. The van der Waals surface area contributed by atoms with Crippen LogP contribution in [-0.4, -0.2) is 139 Å². The smallest absolute Gasteiger partial charge is 0.355 e. The van der Waals surface area contributed by atoms with Gasteiger partial charge in [-0.2, -0.15) is 0 Å². The lowest BCUT2D eigenvalue weighted by molar-refractivity contribution is -0.339. The molecule has 11 rings (SSSR count). The predicted molar refractivity (Wildman–Crippen MR) is 293 cm³/mol. The summed E-state index contributed by atoms with van der Waals surface area (Å²) in [6.45, 7) is 14.6. The monoisotopic (exact) mass is 1130 g/mol. The van der Waals surface area contributed by atoms with E-state index in [0.717, 1.165) is 22.7 Å². The van der Waals surface area contributed by atoms with E-state index in [1.54, 1.807) is 52.8 Å². The maximum Gasteiger partial charge on any atom is 0.355 e. The number of H-pyrrole nitrogens is 2. The number of esters is 1. The molecule has 20 heteroatoms. The number of ether oxygens (including phenoxy) is 7. The number of hydrogen-bond donors (Lipinski definition) is 8. The third-order valence-corrected chi connectivity index (χ3v) is 20.3. The van der Waals surface area contributed by atoms with Gasteiger partial charge in [0.05, 0.1) is 48.3 Å². The fourth-order valence-electron chi connectivity index (χ4n) is 15.6. The normalized spacial score (nSPS) is 43.2. The Labute approximate surface area is 470 Å². The number of aliphatic hydroxyl groups excluding tert-OH is 2. The number of ketones is 1. The Kier molecular flexibility index (Phi) is 15.1. The van der Waals surface area contributed by atoms with Crippen LogP contribution in [0.4, 0.5) is 0 Å². The van der Waals surface area contributed by atoms with Crippen LogP contribution in [0.2, 0.25) is 5.02 Å². The Balaban J connectivity index is 0.728. The van der Waals surface area contributed by atoms with E-state index in [0.29, 0.717) is 42.8 Å². The summed E-state index contributed by atoms with van der Waals surface area (Å²) >= 11 is 6.26. The van der Waals surface area contributed by atoms with Gasteiger partial charge in [-0.25, -0.2) is 9.59 Å². The summed E-state index contributed by atoms with van der Waals surface area (Å²) in [5.41, 5.74) is 2.97. The third-order valence-electron chi connectivity index (χ3n) is 20.1. The topological polar surface area (TPSA) is 283 Å². The lowest BCUT2D eigenvalue weighted by Gasteiger charge is -2.53. The second kappa shape index (κ2) is 21.2. The van der Waals surface area contributed by atoms with E-state index in [4.69, 9.17) is 50.5 Å². The molecule has 2 aromatic heterocycles. The molecule has 4 aliphatic heterocycles.